The molecular formula is C3H6ClF3PS+. The maximum atomic E-state index is 11.4. The highest BCUT2D eigenvalue weighted by atomic mass is 35.7. The smallest absolute Gasteiger partial charge is 0.167 e. The molecule has 0 N–H and O–H groups in total. The van der Waals surface area contributed by atoms with Gasteiger partial charge in [-0.15, -0.1) is 0 Å². The summed E-state index contributed by atoms with van der Waals surface area (Å²) in [7, 11) is 0. The first-order valence-corrected chi connectivity index (χ1v) is 6.53. The van der Waals surface area contributed by atoms with Gasteiger partial charge in [-0.1, -0.05) is 0 Å². The van der Waals surface area contributed by atoms with Crippen LogP contribution < -0.4 is 0 Å². The van der Waals surface area contributed by atoms with Gasteiger partial charge in [0.2, 0.25) is 0 Å². The van der Waals surface area contributed by atoms with Crippen molar-refractivity contribution in [3.63, 3.8) is 0 Å². The first-order valence-electron chi connectivity index (χ1n) is 2.05. The molecule has 1 atom stereocenters. The Morgan fingerprint density at radius 1 is 1.56 bits per heavy atom. The molecule has 0 aliphatic rings. The quantitative estimate of drug-likeness (QED) is 0.484. The third-order valence-corrected chi connectivity index (χ3v) is 2.19. The maximum Gasteiger partial charge on any atom is 0.424 e. The molecule has 0 aliphatic heterocycles. The highest BCUT2D eigenvalue weighted by Gasteiger charge is 2.42. The minimum absolute atomic E-state index is 0.968. The first-order chi connectivity index (χ1) is 3.71. The fraction of sp³-hybridized carbons (Fsp3) is 1.00. The van der Waals surface area contributed by atoms with E-state index in [0.717, 1.165) is 0 Å². The van der Waals surface area contributed by atoms with Crippen LogP contribution in [0.25, 0.3) is 0 Å². The zero-order valence-corrected chi connectivity index (χ0v) is 7.16. The molecule has 0 aromatic carbocycles. The minimum Gasteiger partial charge on any atom is -0.167 e. The molecule has 0 aliphatic carbocycles. The molecule has 6 heteroatoms. The lowest BCUT2D eigenvalue weighted by Gasteiger charge is -2.07. The van der Waals surface area contributed by atoms with Gasteiger partial charge in [0.25, 0.3) is 0 Å². The predicted octanol–water partition coefficient (Wildman–Crippen LogP) is 3.19. The molecule has 0 rings (SSSR count). The Balaban J connectivity index is 3.75. The van der Waals surface area contributed by atoms with Crippen molar-refractivity contribution in [3.8, 4) is 0 Å². The van der Waals surface area contributed by atoms with E-state index in [-0.39, 0.29) is 0 Å². The average molecular weight is 198 g/mol. The van der Waals surface area contributed by atoms with Crippen LogP contribution in [0.15, 0.2) is 0 Å². The molecule has 9 heavy (non-hydrogen) atoms. The van der Waals surface area contributed by atoms with Gasteiger partial charge in [-0.05, 0) is 0 Å². The Morgan fingerprint density at radius 3 is 1.89 bits per heavy atom. The molecule has 0 saturated heterocycles. The third-order valence-electron chi connectivity index (χ3n) is 0.468. The lowest BCUT2D eigenvalue weighted by atomic mass is 10.8. The molecule has 0 amide bonds. The lowest BCUT2D eigenvalue weighted by molar-refractivity contribution is -0.105. The molecule has 1 unspecified atom stereocenters. The van der Waals surface area contributed by atoms with Gasteiger partial charge in [-0.25, -0.2) is 0 Å². The van der Waals surface area contributed by atoms with Gasteiger partial charge in [-0.2, -0.15) is 13.2 Å². The van der Waals surface area contributed by atoms with Gasteiger partial charge in [0.1, 0.15) is 0 Å². The molecule has 0 nitrogen and oxygen atoms in total. The number of alkyl halides is 3. The predicted molar refractivity (Wildman–Crippen MR) is 38.6 cm³/mol. The summed E-state index contributed by atoms with van der Waals surface area (Å²) in [6, 6.07) is 0. The van der Waals surface area contributed by atoms with Gasteiger partial charge in [-0.3, -0.25) is 0 Å². The van der Waals surface area contributed by atoms with E-state index < -0.39 is 18.2 Å². The van der Waals surface area contributed by atoms with Crippen LogP contribution >= 0.6 is 29.3 Å². The summed E-state index contributed by atoms with van der Waals surface area (Å²) in [5.74, 6) is -2.50. The van der Waals surface area contributed by atoms with Crippen molar-refractivity contribution in [2.45, 2.75) is 6.18 Å². The van der Waals surface area contributed by atoms with E-state index in [1.807, 2.05) is 0 Å². The average Bonchev–Trinajstić information content (AvgIpc) is 1.14. The second-order valence-electron chi connectivity index (χ2n) is 1.80. The number of hydrogen-bond acceptors (Lipinski definition) is 1. The van der Waals surface area contributed by atoms with Crippen LogP contribution in [0.1, 0.15) is 0 Å². The van der Waals surface area contributed by atoms with E-state index in [1.54, 1.807) is 0 Å². The Kier molecular flexibility index (Phi) is 3.12. The van der Waals surface area contributed by atoms with Crippen LogP contribution in [0.3, 0.4) is 0 Å². The first kappa shape index (κ1) is 9.86. The van der Waals surface area contributed by atoms with Crippen LogP contribution in [0.4, 0.5) is 13.2 Å². The summed E-state index contributed by atoms with van der Waals surface area (Å²) in [5.41, 5.74) is 0. The second kappa shape index (κ2) is 2.85. The molecule has 0 saturated carbocycles. The van der Waals surface area contributed by atoms with Crippen molar-refractivity contribution in [2.24, 2.45) is 0 Å². The summed E-state index contributed by atoms with van der Waals surface area (Å²) in [4.78, 5) is 0. The molecule has 0 bridgehead atoms. The second-order valence-corrected chi connectivity index (χ2v) is 9.75. The molecule has 0 aromatic heterocycles. The molecule has 0 heterocycles. The molecule has 0 spiro atoms. The highest BCUT2D eigenvalue weighted by molar-refractivity contribution is 8.61. The van der Waals surface area contributed by atoms with Gasteiger partial charge in [0.05, 0.1) is 17.9 Å². The summed E-state index contributed by atoms with van der Waals surface area (Å²) in [6.45, 7) is 1.31. The Labute approximate surface area is 62.0 Å². The third kappa shape index (κ3) is 8.86. The fourth-order valence-corrected chi connectivity index (χ4v) is 1.87. The Bertz CT molecular complexity index is 84.2. The fourth-order valence-electron chi connectivity index (χ4n) is 0.327. The van der Waals surface area contributed by atoms with Crippen molar-refractivity contribution >= 4 is 29.3 Å². The van der Waals surface area contributed by atoms with E-state index in [2.05, 4.69) is 12.2 Å². The monoisotopic (exact) mass is 197 g/mol. The number of thiol groups is 1. The highest BCUT2D eigenvalue weighted by Crippen LogP contribution is 2.67. The van der Waals surface area contributed by atoms with Crippen molar-refractivity contribution in [1.82, 2.24) is 0 Å². The standard InChI is InChI=1S/C3H6ClF3PS/c1-8(4,9)2-3(5,6)7/h9H,2H2,1H3/q+1. The van der Waals surface area contributed by atoms with Crippen molar-refractivity contribution in [2.75, 3.05) is 12.8 Å². The summed E-state index contributed by atoms with van der Waals surface area (Å²) in [6.07, 6.45) is -5.14. The van der Waals surface area contributed by atoms with Crippen LogP contribution in [-0.4, -0.2) is 19.0 Å². The van der Waals surface area contributed by atoms with Crippen LogP contribution in [0.2, 0.25) is 0 Å². The van der Waals surface area contributed by atoms with E-state index in [0.29, 0.717) is 0 Å². The topological polar surface area (TPSA) is 0 Å². The van der Waals surface area contributed by atoms with E-state index in [1.165, 1.54) is 6.66 Å². The minimum atomic E-state index is -4.17. The summed E-state index contributed by atoms with van der Waals surface area (Å²) < 4.78 is 34.3. The van der Waals surface area contributed by atoms with Gasteiger partial charge in [0, 0.05) is 12.2 Å². The molecular weight excluding hydrogens is 192 g/mol. The van der Waals surface area contributed by atoms with Gasteiger partial charge < -0.3 is 0 Å². The molecule has 0 radical (unpaired) electrons. The number of rotatable bonds is 1. The SMILES string of the molecule is C[P+](S)(Cl)CC(F)(F)F. The van der Waals surface area contributed by atoms with Gasteiger partial charge in [0.15, 0.2) is 12.0 Å². The van der Waals surface area contributed by atoms with E-state index in [9.17, 15) is 13.2 Å². The summed E-state index contributed by atoms with van der Waals surface area (Å²) >= 11 is 8.88. The normalized spacial score (nSPS) is 19.3. The van der Waals surface area contributed by atoms with Crippen molar-refractivity contribution < 1.29 is 13.2 Å². The van der Waals surface area contributed by atoms with E-state index in [4.69, 9.17) is 11.2 Å². The zero-order valence-electron chi connectivity index (χ0n) is 4.61. The van der Waals surface area contributed by atoms with Gasteiger partial charge >= 0.3 is 6.18 Å². The van der Waals surface area contributed by atoms with Crippen LogP contribution in [0, 0.1) is 0 Å². The molecule has 56 valence electrons. The largest absolute Gasteiger partial charge is 0.424 e. The molecule has 0 aromatic rings. The maximum absolute atomic E-state index is 11.4. The molecule has 0 fully saturated rings. The zero-order chi connectivity index (χ0) is 7.71. The number of halogens is 4. The van der Waals surface area contributed by atoms with Crippen LogP contribution in [0.5, 0.6) is 0 Å². The summed E-state index contributed by atoms with van der Waals surface area (Å²) in [5, 5.41) is 0. The van der Waals surface area contributed by atoms with E-state index >= 15 is 0 Å². The van der Waals surface area contributed by atoms with Crippen molar-refractivity contribution in [1.29, 1.82) is 0 Å². The Hall–Kier alpha value is 0.860. The van der Waals surface area contributed by atoms with Crippen molar-refractivity contribution in [3.05, 3.63) is 0 Å². The lowest BCUT2D eigenvalue weighted by Crippen LogP contribution is -2.12. The van der Waals surface area contributed by atoms with Crippen LogP contribution in [-0.2, 0) is 0 Å². The Morgan fingerprint density at radius 2 is 1.89 bits per heavy atom. The number of hydrogen-bond donors (Lipinski definition) is 1.